The Morgan fingerprint density at radius 2 is 2.12 bits per heavy atom. The van der Waals surface area contributed by atoms with Crippen LogP contribution >= 0.6 is 0 Å². The average molecular weight is 217 g/mol. The molecule has 2 rings (SSSR count). The number of hydrogen-bond acceptors (Lipinski definition) is 1. The van der Waals surface area contributed by atoms with E-state index < -0.39 is 0 Å². The first-order chi connectivity index (χ1) is 7.61. The maximum absolute atomic E-state index is 5.91. The summed E-state index contributed by atoms with van der Waals surface area (Å²) in [5.74, 6) is 1.98. The Kier molecular flexibility index (Phi) is 3.34. The van der Waals surface area contributed by atoms with Crippen molar-refractivity contribution in [2.75, 3.05) is 6.54 Å². The van der Waals surface area contributed by atoms with Gasteiger partial charge in [-0.05, 0) is 53.8 Å². The van der Waals surface area contributed by atoms with Gasteiger partial charge < -0.3 is 5.73 Å². The van der Waals surface area contributed by atoms with Crippen LogP contribution in [0.25, 0.3) is 0 Å². The molecular weight excluding hydrogens is 194 g/mol. The maximum atomic E-state index is 5.91. The zero-order valence-electron chi connectivity index (χ0n) is 10.7. The van der Waals surface area contributed by atoms with Crippen molar-refractivity contribution in [1.29, 1.82) is 0 Å². The zero-order valence-corrected chi connectivity index (χ0v) is 10.7. The van der Waals surface area contributed by atoms with Gasteiger partial charge in [-0.15, -0.1) is 0 Å². The molecule has 2 atom stereocenters. The molecule has 1 nitrogen and oxygen atoms in total. The fourth-order valence-corrected chi connectivity index (χ4v) is 2.83. The molecule has 1 aliphatic rings. The molecule has 2 unspecified atom stereocenters. The van der Waals surface area contributed by atoms with Crippen LogP contribution in [0.5, 0.6) is 0 Å². The molecule has 0 radical (unpaired) electrons. The smallest absolute Gasteiger partial charge is 0.000803 e. The predicted molar refractivity (Wildman–Crippen MR) is 69.8 cm³/mol. The molecule has 0 fully saturated rings. The van der Waals surface area contributed by atoms with E-state index in [0.717, 1.165) is 12.5 Å². The molecule has 16 heavy (non-hydrogen) atoms. The third-order valence-corrected chi connectivity index (χ3v) is 3.82. The van der Waals surface area contributed by atoms with E-state index in [4.69, 9.17) is 5.73 Å². The van der Waals surface area contributed by atoms with E-state index in [0.29, 0.717) is 11.8 Å². The summed E-state index contributed by atoms with van der Waals surface area (Å²) in [5, 5.41) is 0. The summed E-state index contributed by atoms with van der Waals surface area (Å²) in [4.78, 5) is 0. The molecule has 2 N–H and O–H groups in total. The first-order valence-corrected chi connectivity index (χ1v) is 6.44. The van der Waals surface area contributed by atoms with Crippen LogP contribution in [0.4, 0.5) is 0 Å². The van der Waals surface area contributed by atoms with Gasteiger partial charge in [0.1, 0.15) is 0 Å². The third-order valence-electron chi connectivity index (χ3n) is 3.82. The van der Waals surface area contributed by atoms with Gasteiger partial charge in [0.2, 0.25) is 0 Å². The quantitative estimate of drug-likeness (QED) is 0.807. The van der Waals surface area contributed by atoms with Gasteiger partial charge in [0.05, 0.1) is 0 Å². The van der Waals surface area contributed by atoms with Crippen LogP contribution in [0.2, 0.25) is 0 Å². The Bertz CT molecular complexity index is 368. The molecule has 0 aliphatic heterocycles. The molecule has 1 aromatic rings. The maximum Gasteiger partial charge on any atom is -0.000803 e. The van der Waals surface area contributed by atoms with E-state index in [1.165, 1.54) is 29.5 Å². The summed E-state index contributed by atoms with van der Waals surface area (Å²) < 4.78 is 0. The van der Waals surface area contributed by atoms with Gasteiger partial charge >= 0.3 is 0 Å². The van der Waals surface area contributed by atoms with Crippen molar-refractivity contribution in [3.63, 3.8) is 0 Å². The minimum Gasteiger partial charge on any atom is -0.330 e. The summed E-state index contributed by atoms with van der Waals surface area (Å²) >= 11 is 0. The van der Waals surface area contributed by atoms with Crippen molar-refractivity contribution in [2.24, 2.45) is 11.7 Å². The lowest BCUT2D eigenvalue weighted by atomic mass is 9.76. The highest BCUT2D eigenvalue weighted by Gasteiger charge is 2.23. The van der Waals surface area contributed by atoms with Gasteiger partial charge in [0.15, 0.2) is 0 Å². The third kappa shape index (κ3) is 2.15. The van der Waals surface area contributed by atoms with Crippen molar-refractivity contribution in [3.8, 4) is 0 Å². The average Bonchev–Trinajstić information content (AvgIpc) is 2.27. The van der Waals surface area contributed by atoms with Crippen LogP contribution in [-0.2, 0) is 6.42 Å². The van der Waals surface area contributed by atoms with Crippen molar-refractivity contribution in [1.82, 2.24) is 0 Å². The Hall–Kier alpha value is -0.820. The van der Waals surface area contributed by atoms with Gasteiger partial charge in [-0.2, -0.15) is 0 Å². The van der Waals surface area contributed by atoms with E-state index in [2.05, 4.69) is 39.0 Å². The second-order valence-electron chi connectivity index (χ2n) is 5.59. The van der Waals surface area contributed by atoms with Gasteiger partial charge in [-0.25, -0.2) is 0 Å². The van der Waals surface area contributed by atoms with E-state index >= 15 is 0 Å². The summed E-state index contributed by atoms with van der Waals surface area (Å²) in [6, 6.07) is 7.00. The van der Waals surface area contributed by atoms with E-state index in [1.54, 1.807) is 0 Å². The first kappa shape index (κ1) is 11.7. The summed E-state index contributed by atoms with van der Waals surface area (Å²) in [6.45, 7) is 7.64. The van der Waals surface area contributed by atoms with Crippen LogP contribution in [0, 0.1) is 5.92 Å². The molecule has 1 heteroatoms. The van der Waals surface area contributed by atoms with Crippen molar-refractivity contribution < 1.29 is 0 Å². The topological polar surface area (TPSA) is 26.0 Å². The second-order valence-corrected chi connectivity index (χ2v) is 5.59. The predicted octanol–water partition coefficient (Wildman–Crippen LogP) is 3.43. The van der Waals surface area contributed by atoms with E-state index in [1.807, 2.05) is 0 Å². The van der Waals surface area contributed by atoms with Crippen LogP contribution in [0.15, 0.2) is 18.2 Å². The Morgan fingerprint density at radius 3 is 2.75 bits per heavy atom. The highest BCUT2D eigenvalue weighted by molar-refractivity contribution is 5.38. The monoisotopic (exact) mass is 217 g/mol. The van der Waals surface area contributed by atoms with Gasteiger partial charge in [0.25, 0.3) is 0 Å². The van der Waals surface area contributed by atoms with Crippen LogP contribution in [-0.4, -0.2) is 6.54 Å². The number of rotatable bonds is 2. The lowest BCUT2D eigenvalue weighted by Crippen LogP contribution is -2.23. The highest BCUT2D eigenvalue weighted by Crippen LogP contribution is 2.35. The SMILES string of the molecule is CC1Cc2ccc(C(C)C)cc2C(CN)C1. The lowest BCUT2D eigenvalue weighted by molar-refractivity contribution is 0.435. The summed E-state index contributed by atoms with van der Waals surface area (Å²) in [5.41, 5.74) is 10.4. The Labute approximate surface area is 99.0 Å². The molecule has 0 aromatic heterocycles. The first-order valence-electron chi connectivity index (χ1n) is 6.44. The van der Waals surface area contributed by atoms with Gasteiger partial charge in [-0.3, -0.25) is 0 Å². The Morgan fingerprint density at radius 1 is 1.38 bits per heavy atom. The fourth-order valence-electron chi connectivity index (χ4n) is 2.83. The summed E-state index contributed by atoms with van der Waals surface area (Å²) in [7, 11) is 0. The molecule has 0 heterocycles. The molecule has 0 spiro atoms. The lowest BCUT2D eigenvalue weighted by Gasteiger charge is -2.29. The van der Waals surface area contributed by atoms with E-state index in [9.17, 15) is 0 Å². The molecule has 1 aromatic carbocycles. The molecule has 88 valence electrons. The van der Waals surface area contributed by atoms with Crippen molar-refractivity contribution >= 4 is 0 Å². The highest BCUT2D eigenvalue weighted by atomic mass is 14.6. The largest absolute Gasteiger partial charge is 0.330 e. The molecule has 0 amide bonds. The normalized spacial score (nSPS) is 24.6. The number of hydrogen-bond donors (Lipinski definition) is 1. The number of benzene rings is 1. The van der Waals surface area contributed by atoms with Crippen LogP contribution in [0.3, 0.4) is 0 Å². The van der Waals surface area contributed by atoms with Crippen LogP contribution in [0.1, 0.15) is 55.7 Å². The molecule has 0 saturated heterocycles. The van der Waals surface area contributed by atoms with Crippen molar-refractivity contribution in [2.45, 2.75) is 45.4 Å². The molecule has 0 saturated carbocycles. The fraction of sp³-hybridized carbons (Fsp3) is 0.600. The molecule has 1 aliphatic carbocycles. The van der Waals surface area contributed by atoms with Gasteiger partial charge in [-0.1, -0.05) is 39.0 Å². The Balaban J connectivity index is 2.39. The zero-order chi connectivity index (χ0) is 11.7. The van der Waals surface area contributed by atoms with Crippen molar-refractivity contribution in [3.05, 3.63) is 34.9 Å². The minimum atomic E-state index is 0.581. The van der Waals surface area contributed by atoms with Gasteiger partial charge in [0, 0.05) is 0 Å². The van der Waals surface area contributed by atoms with Crippen LogP contribution < -0.4 is 5.73 Å². The minimum absolute atomic E-state index is 0.581. The molecular formula is C15H23N. The standard InChI is InChI=1S/C15H23N/c1-10(2)12-4-5-13-6-11(3)7-14(9-16)15(13)8-12/h4-5,8,10-11,14H,6-7,9,16H2,1-3H3. The van der Waals surface area contributed by atoms with E-state index in [-0.39, 0.29) is 0 Å². The molecule has 0 bridgehead atoms. The second kappa shape index (κ2) is 4.58. The summed E-state index contributed by atoms with van der Waals surface area (Å²) in [6.07, 6.45) is 2.48. The number of nitrogens with two attached hydrogens (primary N) is 1. The number of fused-ring (bicyclic) bond motifs is 1.